The van der Waals surface area contributed by atoms with Crippen LogP contribution in [0.1, 0.15) is 17.5 Å². The van der Waals surface area contributed by atoms with E-state index in [4.69, 9.17) is 5.11 Å². The van der Waals surface area contributed by atoms with Gasteiger partial charge in [0, 0.05) is 24.6 Å². The van der Waals surface area contributed by atoms with Gasteiger partial charge in [0.25, 0.3) is 0 Å². The number of rotatable bonds is 3. The summed E-state index contributed by atoms with van der Waals surface area (Å²) < 4.78 is 1.78. The zero-order valence-electron chi connectivity index (χ0n) is 8.14. The summed E-state index contributed by atoms with van der Waals surface area (Å²) in [5, 5.41) is 12.9. The Morgan fingerprint density at radius 3 is 3.07 bits per heavy atom. The molecular weight excluding hydrogens is 178 g/mol. The van der Waals surface area contributed by atoms with Gasteiger partial charge in [0.05, 0.1) is 6.20 Å². The van der Waals surface area contributed by atoms with Crippen molar-refractivity contribution in [3.8, 4) is 0 Å². The van der Waals surface area contributed by atoms with Gasteiger partial charge in [0.15, 0.2) is 5.65 Å². The average Bonchev–Trinajstić information content (AvgIpc) is 2.57. The molecule has 0 bridgehead atoms. The summed E-state index contributed by atoms with van der Waals surface area (Å²) in [5.74, 6) is 0. The molecule has 2 aromatic heterocycles. The molecule has 0 fully saturated rings. The van der Waals surface area contributed by atoms with Crippen molar-refractivity contribution in [1.82, 2.24) is 14.6 Å². The van der Waals surface area contributed by atoms with Crippen LogP contribution in [0, 0.1) is 6.92 Å². The van der Waals surface area contributed by atoms with E-state index in [-0.39, 0.29) is 6.61 Å². The number of fused-ring (bicyclic) bond motifs is 1. The second kappa shape index (κ2) is 3.75. The summed E-state index contributed by atoms with van der Waals surface area (Å²) in [6, 6.07) is 0. The first-order valence-electron chi connectivity index (χ1n) is 4.71. The zero-order valence-corrected chi connectivity index (χ0v) is 8.14. The molecule has 0 saturated heterocycles. The van der Waals surface area contributed by atoms with Crippen molar-refractivity contribution in [2.75, 3.05) is 6.61 Å². The number of aryl methyl sites for hydroxylation is 2. The maximum Gasteiger partial charge on any atom is 0.157 e. The number of nitrogens with zero attached hydrogens (tertiary/aromatic N) is 3. The molecule has 0 atom stereocenters. The lowest BCUT2D eigenvalue weighted by atomic mass is 10.2. The Kier molecular flexibility index (Phi) is 2.45. The van der Waals surface area contributed by atoms with E-state index in [1.165, 1.54) is 0 Å². The summed E-state index contributed by atoms with van der Waals surface area (Å²) in [4.78, 5) is 4.31. The Morgan fingerprint density at radius 1 is 1.43 bits per heavy atom. The van der Waals surface area contributed by atoms with Gasteiger partial charge in [-0.15, -0.1) is 0 Å². The van der Waals surface area contributed by atoms with Gasteiger partial charge in [0.2, 0.25) is 0 Å². The third kappa shape index (κ3) is 1.61. The molecule has 74 valence electrons. The van der Waals surface area contributed by atoms with E-state index >= 15 is 0 Å². The minimum atomic E-state index is 0.218. The van der Waals surface area contributed by atoms with Crippen LogP contribution in [0.4, 0.5) is 0 Å². The largest absolute Gasteiger partial charge is 0.396 e. The molecule has 2 aromatic rings. The molecule has 0 saturated carbocycles. The van der Waals surface area contributed by atoms with Crippen LogP contribution in [0.5, 0.6) is 0 Å². The monoisotopic (exact) mass is 191 g/mol. The maximum atomic E-state index is 8.70. The lowest BCUT2D eigenvalue weighted by molar-refractivity contribution is 0.288. The molecule has 0 aliphatic heterocycles. The molecule has 2 heterocycles. The van der Waals surface area contributed by atoms with Crippen molar-refractivity contribution in [3.05, 3.63) is 29.7 Å². The van der Waals surface area contributed by atoms with Gasteiger partial charge in [-0.3, -0.25) is 0 Å². The normalized spacial score (nSPS) is 11.0. The smallest absolute Gasteiger partial charge is 0.157 e. The highest BCUT2D eigenvalue weighted by Gasteiger charge is 2.01. The Labute approximate surface area is 82.2 Å². The highest BCUT2D eigenvalue weighted by molar-refractivity contribution is 5.45. The van der Waals surface area contributed by atoms with E-state index in [1.54, 1.807) is 10.7 Å². The number of aromatic nitrogens is 3. The average molecular weight is 191 g/mol. The first-order valence-corrected chi connectivity index (χ1v) is 4.71. The molecule has 0 aromatic carbocycles. The van der Waals surface area contributed by atoms with Gasteiger partial charge in [-0.25, -0.2) is 9.50 Å². The van der Waals surface area contributed by atoms with Gasteiger partial charge in [-0.05, 0) is 25.3 Å². The number of aliphatic hydroxyl groups is 1. The highest BCUT2D eigenvalue weighted by atomic mass is 16.2. The molecule has 0 unspecified atom stereocenters. The second-order valence-electron chi connectivity index (χ2n) is 3.39. The molecule has 1 N–H and O–H groups in total. The van der Waals surface area contributed by atoms with Crippen LogP contribution in [0.25, 0.3) is 5.65 Å². The van der Waals surface area contributed by atoms with Crippen molar-refractivity contribution in [1.29, 1.82) is 0 Å². The number of hydrogen-bond acceptors (Lipinski definition) is 3. The molecule has 2 rings (SSSR count). The molecule has 14 heavy (non-hydrogen) atoms. The topological polar surface area (TPSA) is 50.4 Å². The zero-order chi connectivity index (χ0) is 9.97. The van der Waals surface area contributed by atoms with Crippen LogP contribution in [-0.2, 0) is 6.42 Å². The fourth-order valence-corrected chi connectivity index (χ4v) is 1.44. The van der Waals surface area contributed by atoms with Crippen LogP contribution in [0.3, 0.4) is 0 Å². The van der Waals surface area contributed by atoms with Gasteiger partial charge >= 0.3 is 0 Å². The second-order valence-corrected chi connectivity index (χ2v) is 3.39. The van der Waals surface area contributed by atoms with Crippen LogP contribution < -0.4 is 0 Å². The maximum absolute atomic E-state index is 8.70. The Bertz CT molecular complexity index is 436. The minimum absolute atomic E-state index is 0.218. The third-order valence-electron chi connectivity index (χ3n) is 2.21. The SMILES string of the molecule is Cc1cnn2cc(CCCO)cnc12. The highest BCUT2D eigenvalue weighted by Crippen LogP contribution is 2.08. The van der Waals surface area contributed by atoms with Gasteiger partial charge in [-0.2, -0.15) is 5.10 Å². The van der Waals surface area contributed by atoms with Crippen molar-refractivity contribution >= 4 is 5.65 Å². The van der Waals surface area contributed by atoms with Gasteiger partial charge < -0.3 is 5.11 Å². The van der Waals surface area contributed by atoms with Crippen molar-refractivity contribution in [2.24, 2.45) is 0 Å². The summed E-state index contributed by atoms with van der Waals surface area (Å²) in [6.45, 7) is 2.21. The Balaban J connectivity index is 2.32. The molecule has 0 aliphatic rings. The van der Waals surface area contributed by atoms with Crippen molar-refractivity contribution < 1.29 is 5.11 Å². The predicted molar refractivity (Wildman–Crippen MR) is 53.1 cm³/mol. The van der Waals surface area contributed by atoms with E-state index in [9.17, 15) is 0 Å². The molecule has 0 amide bonds. The van der Waals surface area contributed by atoms with E-state index in [1.807, 2.05) is 19.3 Å². The number of aliphatic hydroxyl groups excluding tert-OH is 1. The van der Waals surface area contributed by atoms with Crippen LogP contribution in [0.15, 0.2) is 18.6 Å². The van der Waals surface area contributed by atoms with E-state index < -0.39 is 0 Å². The van der Waals surface area contributed by atoms with Crippen molar-refractivity contribution in [3.63, 3.8) is 0 Å². The minimum Gasteiger partial charge on any atom is -0.396 e. The quantitative estimate of drug-likeness (QED) is 0.786. The molecule has 4 nitrogen and oxygen atoms in total. The van der Waals surface area contributed by atoms with Gasteiger partial charge in [0.1, 0.15) is 0 Å². The summed E-state index contributed by atoms with van der Waals surface area (Å²) in [7, 11) is 0. The van der Waals surface area contributed by atoms with E-state index in [0.29, 0.717) is 0 Å². The fraction of sp³-hybridized carbons (Fsp3) is 0.400. The van der Waals surface area contributed by atoms with Crippen molar-refractivity contribution in [2.45, 2.75) is 19.8 Å². The standard InChI is InChI=1S/C10H13N3O/c1-8-5-12-13-7-9(3-2-4-14)6-11-10(8)13/h5-7,14H,2-4H2,1H3. The van der Waals surface area contributed by atoms with Crippen LogP contribution in [0.2, 0.25) is 0 Å². The first-order chi connectivity index (χ1) is 6.81. The van der Waals surface area contributed by atoms with E-state index in [0.717, 1.165) is 29.6 Å². The Morgan fingerprint density at radius 2 is 2.29 bits per heavy atom. The number of hydrogen-bond donors (Lipinski definition) is 1. The fourth-order valence-electron chi connectivity index (χ4n) is 1.44. The Hall–Kier alpha value is -1.42. The van der Waals surface area contributed by atoms with Crippen LogP contribution in [-0.4, -0.2) is 26.3 Å². The molecule has 4 heteroatoms. The molecular formula is C10H13N3O. The molecule has 0 spiro atoms. The summed E-state index contributed by atoms with van der Waals surface area (Å²) in [5.41, 5.74) is 3.09. The lowest BCUT2D eigenvalue weighted by Crippen LogP contribution is -1.96. The summed E-state index contributed by atoms with van der Waals surface area (Å²) >= 11 is 0. The lowest BCUT2D eigenvalue weighted by Gasteiger charge is -1.99. The third-order valence-corrected chi connectivity index (χ3v) is 2.21. The van der Waals surface area contributed by atoms with E-state index in [2.05, 4.69) is 10.1 Å². The summed E-state index contributed by atoms with van der Waals surface area (Å²) in [6.07, 6.45) is 7.23. The first kappa shape index (κ1) is 9.15. The van der Waals surface area contributed by atoms with Gasteiger partial charge in [-0.1, -0.05) is 0 Å². The van der Waals surface area contributed by atoms with Crippen LogP contribution >= 0.6 is 0 Å². The molecule has 0 radical (unpaired) electrons. The predicted octanol–water partition coefficient (Wildman–Crippen LogP) is 0.963. The molecule has 0 aliphatic carbocycles.